The van der Waals surface area contributed by atoms with Gasteiger partial charge in [-0.1, -0.05) is 0 Å². The van der Waals surface area contributed by atoms with Crippen molar-refractivity contribution in [3.63, 3.8) is 0 Å². The molecule has 0 fully saturated rings. The van der Waals surface area contributed by atoms with E-state index in [-0.39, 0.29) is 17.4 Å². The number of anilines is 2. The van der Waals surface area contributed by atoms with E-state index in [2.05, 4.69) is 4.72 Å². The molecule has 0 aliphatic carbocycles. The first-order valence-electron chi connectivity index (χ1n) is 10.2. The molecule has 1 N–H and O–H groups in total. The Bertz CT molecular complexity index is 1160. The zero-order chi connectivity index (χ0) is 23.8. The highest BCUT2D eigenvalue weighted by atomic mass is 32.2. The number of ether oxygens (including phenoxy) is 3. The maximum absolute atomic E-state index is 12.6. The summed E-state index contributed by atoms with van der Waals surface area (Å²) in [6.45, 7) is 2.21. The minimum absolute atomic E-state index is 0.0745. The van der Waals surface area contributed by atoms with E-state index in [4.69, 9.17) is 14.2 Å². The topological polar surface area (TPSA) is 94.2 Å². The molecule has 0 radical (unpaired) electrons. The van der Waals surface area contributed by atoms with E-state index in [9.17, 15) is 13.2 Å². The van der Waals surface area contributed by atoms with Crippen molar-refractivity contribution >= 4 is 27.3 Å². The molecule has 0 aliphatic heterocycles. The van der Waals surface area contributed by atoms with E-state index in [1.807, 2.05) is 6.92 Å². The monoisotopic (exact) mass is 470 g/mol. The van der Waals surface area contributed by atoms with Gasteiger partial charge in [0.05, 0.1) is 18.6 Å². The Morgan fingerprint density at radius 2 is 1.39 bits per heavy atom. The van der Waals surface area contributed by atoms with Gasteiger partial charge < -0.3 is 19.1 Å². The van der Waals surface area contributed by atoms with Crippen LogP contribution >= 0.6 is 0 Å². The molecule has 0 unspecified atom stereocenters. The van der Waals surface area contributed by atoms with Gasteiger partial charge in [-0.2, -0.15) is 0 Å². The van der Waals surface area contributed by atoms with Gasteiger partial charge in [0.2, 0.25) is 0 Å². The van der Waals surface area contributed by atoms with Crippen molar-refractivity contribution in [2.75, 3.05) is 37.0 Å². The first kappa shape index (κ1) is 23.9. The van der Waals surface area contributed by atoms with Crippen LogP contribution in [0.25, 0.3) is 0 Å². The summed E-state index contributed by atoms with van der Waals surface area (Å²) in [6, 6.07) is 19.6. The van der Waals surface area contributed by atoms with Crippen molar-refractivity contribution in [2.45, 2.75) is 11.8 Å². The van der Waals surface area contributed by atoms with Crippen molar-refractivity contribution < 1.29 is 27.4 Å². The molecule has 0 saturated carbocycles. The van der Waals surface area contributed by atoms with Crippen LogP contribution in [-0.4, -0.2) is 41.7 Å². The van der Waals surface area contributed by atoms with Crippen LogP contribution in [-0.2, 0) is 14.8 Å². The molecule has 174 valence electrons. The fourth-order valence-corrected chi connectivity index (χ4v) is 3.97. The number of likely N-dealkylation sites (N-methyl/N-ethyl adjacent to an activating group) is 1. The van der Waals surface area contributed by atoms with Crippen LogP contribution in [0, 0.1) is 0 Å². The molecule has 1 amide bonds. The third kappa shape index (κ3) is 6.39. The number of rotatable bonds is 10. The lowest BCUT2D eigenvalue weighted by atomic mass is 10.3. The van der Waals surface area contributed by atoms with E-state index >= 15 is 0 Å². The van der Waals surface area contributed by atoms with E-state index in [1.165, 1.54) is 29.2 Å². The quantitative estimate of drug-likeness (QED) is 0.482. The maximum atomic E-state index is 12.6. The number of hydrogen-bond acceptors (Lipinski definition) is 6. The number of carbonyl (C=O) groups excluding carboxylic acids is 1. The van der Waals surface area contributed by atoms with Crippen molar-refractivity contribution in [3.05, 3.63) is 72.8 Å². The van der Waals surface area contributed by atoms with Crippen molar-refractivity contribution in [2.24, 2.45) is 0 Å². The summed E-state index contributed by atoms with van der Waals surface area (Å²) in [4.78, 5) is 14.0. The number of methoxy groups -OCH3 is 1. The molecule has 3 aromatic carbocycles. The van der Waals surface area contributed by atoms with Crippen LogP contribution in [0.3, 0.4) is 0 Å². The summed E-state index contributed by atoms with van der Waals surface area (Å²) in [6.07, 6.45) is 0. The standard InChI is InChI=1S/C24H26N2O6S/c1-4-31-21-9-5-18(6-10-21)25-33(28,29)23-15-13-22(14-16-23)32-17-24(27)26(2)19-7-11-20(30-3)12-8-19/h5-16,25H,4,17H2,1-3H3. The summed E-state index contributed by atoms with van der Waals surface area (Å²) in [7, 11) is -0.551. The van der Waals surface area contributed by atoms with Gasteiger partial charge in [0, 0.05) is 18.4 Å². The average Bonchev–Trinajstić information content (AvgIpc) is 2.83. The molecule has 0 spiro atoms. The third-order valence-electron chi connectivity index (χ3n) is 4.75. The Labute approximate surface area is 193 Å². The minimum atomic E-state index is -3.77. The van der Waals surface area contributed by atoms with Crippen LogP contribution in [0.2, 0.25) is 0 Å². The molecule has 3 rings (SSSR count). The van der Waals surface area contributed by atoms with Gasteiger partial charge in [-0.3, -0.25) is 9.52 Å². The first-order valence-corrected chi connectivity index (χ1v) is 11.7. The predicted molar refractivity (Wildman–Crippen MR) is 127 cm³/mol. The smallest absolute Gasteiger partial charge is 0.264 e. The molecule has 3 aromatic rings. The molecule has 0 atom stereocenters. The van der Waals surface area contributed by atoms with Crippen LogP contribution in [0.4, 0.5) is 11.4 Å². The van der Waals surface area contributed by atoms with Gasteiger partial charge in [-0.15, -0.1) is 0 Å². The van der Waals surface area contributed by atoms with Crippen molar-refractivity contribution in [1.29, 1.82) is 0 Å². The van der Waals surface area contributed by atoms with E-state index < -0.39 is 10.0 Å². The summed E-state index contributed by atoms with van der Waals surface area (Å²) in [5.41, 5.74) is 1.12. The molecule has 0 heterocycles. The second kappa shape index (κ2) is 10.7. The van der Waals surface area contributed by atoms with Crippen LogP contribution < -0.4 is 23.8 Å². The van der Waals surface area contributed by atoms with Gasteiger partial charge in [0.15, 0.2) is 6.61 Å². The fourth-order valence-electron chi connectivity index (χ4n) is 2.91. The van der Waals surface area contributed by atoms with Gasteiger partial charge in [-0.05, 0) is 79.7 Å². The van der Waals surface area contributed by atoms with Crippen LogP contribution in [0.1, 0.15) is 6.92 Å². The Kier molecular flexibility index (Phi) is 7.78. The molecule has 0 bridgehead atoms. The molecule has 8 nitrogen and oxygen atoms in total. The maximum Gasteiger partial charge on any atom is 0.264 e. The Balaban J connectivity index is 1.57. The van der Waals surface area contributed by atoms with E-state index in [1.54, 1.807) is 62.7 Å². The number of carbonyl (C=O) groups is 1. The lowest BCUT2D eigenvalue weighted by Gasteiger charge is -2.18. The Morgan fingerprint density at radius 1 is 0.848 bits per heavy atom. The first-order chi connectivity index (χ1) is 15.8. The fraction of sp³-hybridized carbons (Fsp3) is 0.208. The number of amides is 1. The molecule has 0 aliphatic rings. The Morgan fingerprint density at radius 3 is 1.97 bits per heavy atom. The van der Waals surface area contributed by atoms with Crippen molar-refractivity contribution in [1.82, 2.24) is 0 Å². The predicted octanol–water partition coefficient (Wildman–Crippen LogP) is 3.94. The van der Waals surface area contributed by atoms with Gasteiger partial charge in [0.1, 0.15) is 17.2 Å². The lowest BCUT2D eigenvalue weighted by molar-refractivity contribution is -0.120. The minimum Gasteiger partial charge on any atom is -0.497 e. The largest absolute Gasteiger partial charge is 0.497 e. The van der Waals surface area contributed by atoms with Crippen LogP contribution in [0.5, 0.6) is 17.2 Å². The Hall–Kier alpha value is -3.72. The zero-order valence-corrected chi connectivity index (χ0v) is 19.5. The molecule has 0 saturated heterocycles. The normalized spacial score (nSPS) is 10.9. The average molecular weight is 471 g/mol. The summed E-state index contributed by atoms with van der Waals surface area (Å²) < 4.78 is 43.8. The number of hydrogen-bond donors (Lipinski definition) is 1. The SMILES string of the molecule is CCOc1ccc(NS(=O)(=O)c2ccc(OCC(=O)N(C)c3ccc(OC)cc3)cc2)cc1. The highest BCUT2D eigenvalue weighted by Crippen LogP contribution is 2.22. The van der Waals surface area contributed by atoms with Gasteiger partial charge >= 0.3 is 0 Å². The second-order valence-electron chi connectivity index (χ2n) is 6.97. The zero-order valence-electron chi connectivity index (χ0n) is 18.6. The van der Waals surface area contributed by atoms with Crippen LogP contribution in [0.15, 0.2) is 77.7 Å². The van der Waals surface area contributed by atoms with Gasteiger partial charge in [-0.25, -0.2) is 8.42 Å². The molecule has 33 heavy (non-hydrogen) atoms. The summed E-state index contributed by atoms with van der Waals surface area (Å²) >= 11 is 0. The number of nitrogens with one attached hydrogen (secondary N) is 1. The molecule has 9 heteroatoms. The van der Waals surface area contributed by atoms with E-state index in [0.717, 1.165) is 0 Å². The number of benzene rings is 3. The van der Waals surface area contributed by atoms with E-state index in [0.29, 0.717) is 35.2 Å². The summed E-state index contributed by atoms with van der Waals surface area (Å²) in [5.74, 6) is 1.48. The molecule has 0 aromatic heterocycles. The lowest BCUT2D eigenvalue weighted by Crippen LogP contribution is -2.31. The summed E-state index contributed by atoms with van der Waals surface area (Å²) in [5, 5.41) is 0. The third-order valence-corrected chi connectivity index (χ3v) is 6.14. The second-order valence-corrected chi connectivity index (χ2v) is 8.66. The highest BCUT2D eigenvalue weighted by Gasteiger charge is 2.16. The molecular formula is C24H26N2O6S. The van der Waals surface area contributed by atoms with Gasteiger partial charge in [0.25, 0.3) is 15.9 Å². The highest BCUT2D eigenvalue weighted by molar-refractivity contribution is 7.92. The number of sulfonamides is 1. The van der Waals surface area contributed by atoms with Crippen molar-refractivity contribution in [3.8, 4) is 17.2 Å². The molecular weight excluding hydrogens is 444 g/mol. The number of nitrogens with zero attached hydrogens (tertiary/aromatic N) is 1.